The fourth-order valence-electron chi connectivity index (χ4n) is 7.23. The van der Waals surface area contributed by atoms with Crippen molar-refractivity contribution in [3.8, 4) is 0 Å². The number of hydrogen-bond donors (Lipinski definition) is 1. The number of benzene rings is 2. The largest absolute Gasteiger partial charge is 0.368 e. The first-order valence-electron chi connectivity index (χ1n) is 14.0. The second-order valence-corrected chi connectivity index (χ2v) is 13.6. The van der Waals surface area contributed by atoms with E-state index in [2.05, 4.69) is 62.0 Å². The highest BCUT2D eigenvalue weighted by Crippen LogP contribution is 2.49. The van der Waals surface area contributed by atoms with Crippen LogP contribution in [0, 0.1) is 11.8 Å². The molecule has 1 saturated carbocycles. The lowest BCUT2D eigenvalue weighted by Gasteiger charge is -2.44. The minimum absolute atomic E-state index is 0.0279. The number of aromatic nitrogens is 2. The first-order valence-corrected chi connectivity index (χ1v) is 15.5. The van der Waals surface area contributed by atoms with Crippen LogP contribution in [0.3, 0.4) is 0 Å². The van der Waals surface area contributed by atoms with Gasteiger partial charge in [0.2, 0.25) is 0 Å². The van der Waals surface area contributed by atoms with E-state index in [0.29, 0.717) is 19.1 Å². The maximum Gasteiger partial charge on any atom is 0.259 e. The van der Waals surface area contributed by atoms with Crippen LogP contribution in [0.25, 0.3) is 0 Å². The van der Waals surface area contributed by atoms with Crippen molar-refractivity contribution in [2.75, 3.05) is 31.1 Å². The highest BCUT2D eigenvalue weighted by atomic mass is 32.2. The number of anilines is 1. The maximum absolute atomic E-state index is 12.8. The van der Waals surface area contributed by atoms with E-state index in [4.69, 9.17) is 0 Å². The Balaban J connectivity index is 1.16. The van der Waals surface area contributed by atoms with Gasteiger partial charge in [-0.05, 0) is 60.3 Å². The fourth-order valence-corrected chi connectivity index (χ4v) is 8.43. The molecule has 7 rings (SSSR count). The molecule has 3 fully saturated rings. The van der Waals surface area contributed by atoms with Gasteiger partial charge >= 0.3 is 0 Å². The van der Waals surface area contributed by atoms with E-state index in [-0.39, 0.29) is 17.0 Å². The van der Waals surface area contributed by atoms with Crippen molar-refractivity contribution in [2.24, 2.45) is 18.9 Å². The predicted octanol–water partition coefficient (Wildman–Crippen LogP) is 2.99. The van der Waals surface area contributed by atoms with Gasteiger partial charge in [-0.2, -0.15) is 0 Å². The van der Waals surface area contributed by atoms with Gasteiger partial charge in [0.1, 0.15) is 0 Å². The predicted molar refractivity (Wildman–Crippen MR) is 150 cm³/mol. The number of aryl methyl sites for hydroxylation is 2. The van der Waals surface area contributed by atoms with Crippen LogP contribution in [0.15, 0.2) is 60.0 Å². The van der Waals surface area contributed by atoms with Gasteiger partial charge in [0.05, 0.1) is 12.4 Å². The molecule has 0 amide bonds. The number of fused-ring (bicyclic) bond motifs is 2. The van der Waals surface area contributed by atoms with E-state index in [1.54, 1.807) is 11.6 Å². The molecule has 3 heterocycles. The number of sulfonamides is 1. The molecule has 1 aromatic heterocycles. The minimum Gasteiger partial charge on any atom is -0.368 e. The van der Waals surface area contributed by atoms with Crippen molar-refractivity contribution in [3.63, 3.8) is 0 Å². The lowest BCUT2D eigenvalue weighted by molar-refractivity contribution is 0.111. The lowest BCUT2D eigenvalue weighted by atomic mass is 9.73. The highest BCUT2D eigenvalue weighted by molar-refractivity contribution is 7.89. The number of nitrogens with zero attached hydrogens (tertiary/aromatic N) is 4. The molecule has 39 heavy (non-hydrogen) atoms. The summed E-state index contributed by atoms with van der Waals surface area (Å²) in [5.74, 6) is 2.00. The Morgan fingerprint density at radius 1 is 1.05 bits per heavy atom. The van der Waals surface area contributed by atoms with Crippen LogP contribution in [0.1, 0.15) is 45.8 Å². The minimum atomic E-state index is -3.68. The summed E-state index contributed by atoms with van der Waals surface area (Å²) in [5, 5.41) is 0.0279. The zero-order valence-electron chi connectivity index (χ0n) is 22.2. The van der Waals surface area contributed by atoms with Gasteiger partial charge in [-0.1, -0.05) is 36.4 Å². The number of carbonyl (C=O) groups is 1. The summed E-state index contributed by atoms with van der Waals surface area (Å²) in [7, 11) is -1.93. The molecule has 2 aliphatic carbocycles. The Labute approximate surface area is 230 Å². The highest BCUT2D eigenvalue weighted by Gasteiger charge is 2.49. The number of aldehydes is 1. The molecule has 0 radical (unpaired) electrons. The third-order valence-corrected chi connectivity index (χ3v) is 10.7. The van der Waals surface area contributed by atoms with Crippen molar-refractivity contribution >= 4 is 22.0 Å². The van der Waals surface area contributed by atoms with Crippen LogP contribution >= 0.6 is 0 Å². The summed E-state index contributed by atoms with van der Waals surface area (Å²) in [4.78, 5) is 21.6. The molecular formula is C30H35N5O3S. The summed E-state index contributed by atoms with van der Waals surface area (Å²) in [6.07, 6.45) is 8.44. The van der Waals surface area contributed by atoms with Crippen LogP contribution in [-0.2, 0) is 29.9 Å². The quantitative estimate of drug-likeness (QED) is 0.438. The van der Waals surface area contributed by atoms with E-state index in [1.807, 2.05) is 0 Å². The Hall–Kier alpha value is -3.01. The summed E-state index contributed by atoms with van der Waals surface area (Å²) in [6, 6.07) is 15.1. The Bertz CT molecular complexity index is 1490. The number of piperidine rings is 1. The van der Waals surface area contributed by atoms with E-state index in [1.165, 1.54) is 48.7 Å². The second-order valence-electron chi connectivity index (χ2n) is 11.9. The summed E-state index contributed by atoms with van der Waals surface area (Å²) < 4.78 is 29.9. The van der Waals surface area contributed by atoms with Gasteiger partial charge in [0.15, 0.2) is 11.3 Å². The molecular weight excluding hydrogens is 510 g/mol. The Morgan fingerprint density at radius 3 is 2.51 bits per heavy atom. The number of hydrogen-bond acceptors (Lipinski definition) is 6. The zero-order chi connectivity index (χ0) is 26.7. The topological polar surface area (TPSA) is 87.5 Å². The number of imidazole rings is 1. The standard InChI is InChI=1S/C30H35N5O3S/c1-33-17-29(31-19-33)39(37,38)32-24-15-35(16-24)28-10-8-21-7-9-27(34-13-22-12-23(22)14-34)25(30(21)26(28)18-36)11-20-5-3-2-4-6-20/h2-6,8,10,17-19,22-25,27,32H,7,9,11-16H2,1H3/t22?,23?,25-,27-/m0/s1. The molecule has 4 atom stereocenters. The first-order chi connectivity index (χ1) is 18.9. The number of nitrogens with one attached hydrogen (secondary N) is 1. The SMILES string of the molecule is Cn1cnc(S(=O)(=O)NC2CN(c3ccc4c(c3C=O)[C@@H](Cc3ccccc3)[C@@H](N3CC5CC5C3)CC4)C2)c1. The van der Waals surface area contributed by atoms with Gasteiger partial charge in [-0.25, -0.2) is 18.1 Å². The maximum atomic E-state index is 12.8. The summed E-state index contributed by atoms with van der Waals surface area (Å²) in [5.41, 5.74) is 5.50. The molecule has 204 valence electrons. The zero-order valence-corrected chi connectivity index (χ0v) is 23.1. The third kappa shape index (κ3) is 4.60. The van der Waals surface area contributed by atoms with Crippen LogP contribution in [0.4, 0.5) is 5.69 Å². The van der Waals surface area contributed by atoms with Gasteiger partial charge in [-0.15, -0.1) is 0 Å². The third-order valence-electron chi connectivity index (χ3n) is 9.29. The number of carbonyl (C=O) groups excluding carboxylic acids is 1. The first kappa shape index (κ1) is 25.0. The van der Waals surface area contributed by atoms with Gasteiger partial charge < -0.3 is 9.47 Å². The van der Waals surface area contributed by atoms with E-state index in [9.17, 15) is 13.2 Å². The van der Waals surface area contributed by atoms with Crippen LogP contribution < -0.4 is 9.62 Å². The van der Waals surface area contributed by atoms with Crippen LogP contribution in [-0.4, -0.2) is 67.4 Å². The van der Waals surface area contributed by atoms with Gasteiger partial charge in [0.25, 0.3) is 10.0 Å². The van der Waals surface area contributed by atoms with E-state index in [0.717, 1.165) is 48.6 Å². The molecule has 2 unspecified atom stereocenters. The fraction of sp³-hybridized carbons (Fsp3) is 0.467. The molecule has 2 aromatic carbocycles. The van der Waals surface area contributed by atoms with Crippen LogP contribution in [0.5, 0.6) is 0 Å². The number of rotatable bonds is 8. The molecule has 2 saturated heterocycles. The van der Waals surface area contributed by atoms with Crippen molar-refractivity contribution < 1.29 is 13.2 Å². The molecule has 4 aliphatic rings. The smallest absolute Gasteiger partial charge is 0.259 e. The normalized spacial score (nSPS) is 26.6. The molecule has 8 nitrogen and oxygen atoms in total. The molecule has 1 N–H and O–H groups in total. The molecule has 2 aliphatic heterocycles. The molecule has 0 bridgehead atoms. The summed E-state index contributed by atoms with van der Waals surface area (Å²) in [6.45, 7) is 3.43. The van der Waals surface area contributed by atoms with Crippen molar-refractivity contribution in [2.45, 2.75) is 48.7 Å². The van der Waals surface area contributed by atoms with Gasteiger partial charge in [-0.3, -0.25) is 9.69 Å². The monoisotopic (exact) mass is 545 g/mol. The second kappa shape index (κ2) is 9.57. The Morgan fingerprint density at radius 2 is 1.82 bits per heavy atom. The number of likely N-dealkylation sites (tertiary alicyclic amines) is 1. The van der Waals surface area contributed by atoms with Gasteiger partial charge in [0, 0.05) is 62.6 Å². The average Bonchev–Trinajstić information content (AvgIpc) is 3.27. The van der Waals surface area contributed by atoms with Crippen molar-refractivity contribution in [1.29, 1.82) is 0 Å². The van der Waals surface area contributed by atoms with E-state index >= 15 is 0 Å². The molecule has 0 spiro atoms. The molecule has 9 heteroatoms. The lowest BCUT2D eigenvalue weighted by Crippen LogP contribution is -2.59. The van der Waals surface area contributed by atoms with Crippen molar-refractivity contribution in [3.05, 3.63) is 77.2 Å². The average molecular weight is 546 g/mol. The van der Waals surface area contributed by atoms with E-state index < -0.39 is 10.0 Å². The molecule has 3 aromatic rings. The van der Waals surface area contributed by atoms with Crippen LogP contribution in [0.2, 0.25) is 0 Å². The Kier molecular flexibility index (Phi) is 6.13. The van der Waals surface area contributed by atoms with Crippen molar-refractivity contribution in [1.82, 2.24) is 19.2 Å². The summed E-state index contributed by atoms with van der Waals surface area (Å²) >= 11 is 0.